The SMILES string of the molecule is CCc1cc(N2CCC(N(C)S(=O)(=O)CC)CC2)nc(-c2ccncc2)n1. The van der Waals surface area contributed by atoms with Crippen LogP contribution in [-0.4, -0.2) is 59.6 Å². The summed E-state index contributed by atoms with van der Waals surface area (Å²) in [7, 11) is -1.46. The van der Waals surface area contributed by atoms with E-state index in [2.05, 4.69) is 21.8 Å². The third-order valence-corrected chi connectivity index (χ3v) is 7.08. The number of hydrogen-bond acceptors (Lipinski definition) is 6. The third-order valence-electron chi connectivity index (χ3n) is 5.17. The lowest BCUT2D eigenvalue weighted by Gasteiger charge is -2.36. The smallest absolute Gasteiger partial charge is 0.213 e. The fraction of sp³-hybridized carbons (Fsp3) is 0.526. The lowest BCUT2D eigenvalue weighted by atomic mass is 10.1. The molecule has 0 unspecified atom stereocenters. The Labute approximate surface area is 161 Å². The summed E-state index contributed by atoms with van der Waals surface area (Å²) >= 11 is 0. The Morgan fingerprint density at radius 3 is 2.41 bits per heavy atom. The van der Waals surface area contributed by atoms with E-state index >= 15 is 0 Å². The summed E-state index contributed by atoms with van der Waals surface area (Å²) < 4.78 is 25.8. The zero-order chi connectivity index (χ0) is 19.4. The van der Waals surface area contributed by atoms with Crippen molar-refractivity contribution in [2.75, 3.05) is 30.8 Å². The van der Waals surface area contributed by atoms with Gasteiger partial charge in [-0.25, -0.2) is 22.7 Å². The Morgan fingerprint density at radius 2 is 1.81 bits per heavy atom. The minimum Gasteiger partial charge on any atom is -0.356 e. The van der Waals surface area contributed by atoms with Crippen molar-refractivity contribution in [3.63, 3.8) is 0 Å². The second kappa shape index (κ2) is 8.31. The Hall–Kier alpha value is -2.06. The average Bonchev–Trinajstić information content (AvgIpc) is 2.73. The van der Waals surface area contributed by atoms with Gasteiger partial charge in [0.1, 0.15) is 5.82 Å². The van der Waals surface area contributed by atoms with E-state index in [1.165, 1.54) is 0 Å². The van der Waals surface area contributed by atoms with Gasteiger partial charge in [-0.3, -0.25) is 4.98 Å². The van der Waals surface area contributed by atoms with E-state index in [0.29, 0.717) is 5.82 Å². The zero-order valence-electron chi connectivity index (χ0n) is 16.2. The maximum Gasteiger partial charge on any atom is 0.213 e. The highest BCUT2D eigenvalue weighted by Gasteiger charge is 2.29. The van der Waals surface area contributed by atoms with Crippen LogP contribution in [-0.2, 0) is 16.4 Å². The molecular weight excluding hydrogens is 362 g/mol. The first-order chi connectivity index (χ1) is 12.9. The molecule has 146 valence electrons. The summed E-state index contributed by atoms with van der Waals surface area (Å²) in [4.78, 5) is 15.7. The van der Waals surface area contributed by atoms with Crippen LogP contribution >= 0.6 is 0 Å². The third kappa shape index (κ3) is 4.44. The van der Waals surface area contributed by atoms with E-state index < -0.39 is 10.0 Å². The van der Waals surface area contributed by atoms with Gasteiger partial charge in [0.15, 0.2) is 5.82 Å². The van der Waals surface area contributed by atoms with Crippen LogP contribution in [0.25, 0.3) is 11.4 Å². The van der Waals surface area contributed by atoms with Gasteiger partial charge in [0, 0.05) is 55.9 Å². The Morgan fingerprint density at radius 1 is 1.15 bits per heavy atom. The van der Waals surface area contributed by atoms with E-state index in [0.717, 1.165) is 49.4 Å². The fourth-order valence-electron chi connectivity index (χ4n) is 3.35. The number of rotatable bonds is 6. The second-order valence-electron chi connectivity index (χ2n) is 6.77. The van der Waals surface area contributed by atoms with Crippen molar-refractivity contribution in [1.82, 2.24) is 19.3 Å². The second-order valence-corrected chi connectivity index (χ2v) is 9.08. The molecule has 0 radical (unpaired) electrons. The summed E-state index contributed by atoms with van der Waals surface area (Å²) in [6, 6.07) is 5.92. The molecule has 0 N–H and O–H groups in total. The standard InChI is InChI=1S/C19H27N5O2S/c1-4-16-14-18(22-19(21-16)15-6-10-20-11-7-15)24-12-8-17(9-13-24)23(3)27(25,26)5-2/h6-7,10-11,14,17H,4-5,8-9,12-13H2,1-3H3. The molecule has 0 amide bonds. The van der Waals surface area contributed by atoms with Gasteiger partial charge in [0.05, 0.1) is 5.75 Å². The molecule has 1 fully saturated rings. The van der Waals surface area contributed by atoms with Crippen molar-refractivity contribution < 1.29 is 8.42 Å². The molecule has 8 heteroatoms. The van der Waals surface area contributed by atoms with Crippen LogP contribution in [0.5, 0.6) is 0 Å². The molecular formula is C19H27N5O2S. The number of sulfonamides is 1. The van der Waals surface area contributed by atoms with E-state index in [4.69, 9.17) is 4.98 Å². The van der Waals surface area contributed by atoms with Gasteiger partial charge in [0.2, 0.25) is 10.0 Å². The predicted octanol–water partition coefficient (Wildman–Crippen LogP) is 2.35. The normalized spacial score (nSPS) is 16.1. The van der Waals surface area contributed by atoms with E-state index in [1.54, 1.807) is 30.7 Å². The Balaban J connectivity index is 1.78. The lowest BCUT2D eigenvalue weighted by molar-refractivity contribution is 0.312. The first-order valence-corrected chi connectivity index (χ1v) is 11.0. The van der Waals surface area contributed by atoms with E-state index in [9.17, 15) is 8.42 Å². The first-order valence-electron chi connectivity index (χ1n) is 9.43. The number of aryl methyl sites for hydroxylation is 1. The lowest BCUT2D eigenvalue weighted by Crippen LogP contribution is -2.46. The molecule has 2 aromatic rings. The number of hydrogen-bond donors (Lipinski definition) is 0. The zero-order valence-corrected chi connectivity index (χ0v) is 17.0. The molecule has 0 aliphatic carbocycles. The maximum atomic E-state index is 12.1. The summed E-state index contributed by atoms with van der Waals surface area (Å²) in [5.74, 6) is 1.76. The first kappa shape index (κ1) is 19.7. The van der Waals surface area contributed by atoms with Gasteiger partial charge in [-0.05, 0) is 38.3 Å². The van der Waals surface area contributed by atoms with Gasteiger partial charge in [0.25, 0.3) is 0 Å². The number of pyridine rings is 1. The largest absolute Gasteiger partial charge is 0.356 e. The highest BCUT2D eigenvalue weighted by atomic mass is 32.2. The van der Waals surface area contributed by atoms with Crippen LogP contribution in [0.4, 0.5) is 5.82 Å². The van der Waals surface area contributed by atoms with Crippen molar-refractivity contribution in [3.8, 4) is 11.4 Å². The quantitative estimate of drug-likeness (QED) is 0.755. The molecule has 0 aromatic carbocycles. The van der Waals surface area contributed by atoms with E-state index in [1.807, 2.05) is 18.2 Å². The molecule has 3 rings (SSSR count). The molecule has 3 heterocycles. The van der Waals surface area contributed by atoms with Crippen LogP contribution in [0.2, 0.25) is 0 Å². The van der Waals surface area contributed by atoms with Gasteiger partial charge < -0.3 is 4.90 Å². The van der Waals surface area contributed by atoms with Gasteiger partial charge in [-0.2, -0.15) is 0 Å². The van der Waals surface area contributed by atoms with Crippen LogP contribution in [0.1, 0.15) is 32.4 Å². The predicted molar refractivity (Wildman–Crippen MR) is 107 cm³/mol. The van der Waals surface area contributed by atoms with Crippen LogP contribution < -0.4 is 4.90 Å². The topological polar surface area (TPSA) is 79.3 Å². The molecule has 1 saturated heterocycles. The number of nitrogens with zero attached hydrogens (tertiary/aromatic N) is 5. The molecule has 7 nitrogen and oxygen atoms in total. The van der Waals surface area contributed by atoms with Crippen LogP contribution in [0, 0.1) is 0 Å². The Bertz CT molecular complexity index is 865. The minimum atomic E-state index is -3.15. The molecule has 0 spiro atoms. The van der Waals surface area contributed by atoms with Crippen molar-refractivity contribution in [2.24, 2.45) is 0 Å². The van der Waals surface area contributed by atoms with Crippen LogP contribution in [0.15, 0.2) is 30.6 Å². The maximum absolute atomic E-state index is 12.1. The van der Waals surface area contributed by atoms with Crippen molar-refractivity contribution in [2.45, 2.75) is 39.2 Å². The summed E-state index contributed by atoms with van der Waals surface area (Å²) in [6.45, 7) is 5.34. The molecule has 0 bridgehead atoms. The van der Waals surface area contributed by atoms with Crippen molar-refractivity contribution >= 4 is 15.8 Å². The summed E-state index contributed by atoms with van der Waals surface area (Å²) in [5.41, 5.74) is 1.95. The molecule has 27 heavy (non-hydrogen) atoms. The van der Waals surface area contributed by atoms with Crippen molar-refractivity contribution in [3.05, 3.63) is 36.3 Å². The molecule has 0 saturated carbocycles. The number of aromatic nitrogens is 3. The molecule has 1 aliphatic heterocycles. The summed E-state index contributed by atoms with van der Waals surface area (Å²) in [5, 5.41) is 0. The molecule has 1 aliphatic rings. The van der Waals surface area contributed by atoms with Crippen LogP contribution in [0.3, 0.4) is 0 Å². The van der Waals surface area contributed by atoms with Crippen molar-refractivity contribution in [1.29, 1.82) is 0 Å². The Kier molecular flexibility index (Phi) is 6.06. The monoisotopic (exact) mass is 389 g/mol. The van der Waals surface area contributed by atoms with E-state index in [-0.39, 0.29) is 11.8 Å². The average molecular weight is 390 g/mol. The number of piperidine rings is 1. The fourth-order valence-corrected chi connectivity index (χ4v) is 4.42. The van der Waals surface area contributed by atoms with Gasteiger partial charge in [-0.15, -0.1) is 0 Å². The highest BCUT2D eigenvalue weighted by Crippen LogP contribution is 2.25. The molecule has 2 aromatic heterocycles. The number of anilines is 1. The highest BCUT2D eigenvalue weighted by molar-refractivity contribution is 7.89. The van der Waals surface area contributed by atoms with Gasteiger partial charge >= 0.3 is 0 Å². The van der Waals surface area contributed by atoms with Gasteiger partial charge in [-0.1, -0.05) is 6.92 Å². The summed E-state index contributed by atoms with van der Waals surface area (Å²) in [6.07, 6.45) is 5.91. The minimum absolute atomic E-state index is 0.0540. The molecule has 0 atom stereocenters.